The van der Waals surface area contributed by atoms with Crippen molar-refractivity contribution in [2.75, 3.05) is 24.8 Å². The molecule has 3 heterocycles. The van der Waals surface area contributed by atoms with Crippen LogP contribution in [0, 0.1) is 6.92 Å². The first-order valence-electron chi connectivity index (χ1n) is 10.8. The van der Waals surface area contributed by atoms with Gasteiger partial charge in [0.05, 0.1) is 23.7 Å². The molecule has 168 valence electrons. The Morgan fingerprint density at radius 2 is 2.00 bits per heavy atom. The van der Waals surface area contributed by atoms with Gasteiger partial charge in [-0.2, -0.15) is 0 Å². The van der Waals surface area contributed by atoms with E-state index in [0.717, 1.165) is 28.2 Å². The first kappa shape index (κ1) is 21.0. The number of hydrogen-bond donors (Lipinski definition) is 0. The van der Waals surface area contributed by atoms with Crippen molar-refractivity contribution in [1.82, 2.24) is 4.90 Å². The standard InChI is InChI=1S/C24H25NO6S/c1-3-29-19-6-4-16(5-7-19)10-21-22(26)20-11-17-12-25(18-8-9-32(27,28)13-18)14-30-23(17)15(2)24(20)31-21/h4-7,10-11,18H,3,8-9,12-14H2,1-2H3/b21-10-. The third-order valence-electron chi connectivity index (χ3n) is 6.18. The van der Waals surface area contributed by atoms with Gasteiger partial charge in [0.25, 0.3) is 0 Å². The number of benzene rings is 2. The van der Waals surface area contributed by atoms with Gasteiger partial charge >= 0.3 is 0 Å². The number of allylic oxidation sites excluding steroid dienone is 1. The number of nitrogens with zero attached hydrogens (tertiary/aromatic N) is 1. The topological polar surface area (TPSA) is 82.1 Å². The van der Waals surface area contributed by atoms with Crippen LogP contribution in [0.1, 0.15) is 40.4 Å². The van der Waals surface area contributed by atoms with Crippen LogP contribution in [-0.4, -0.2) is 50.0 Å². The van der Waals surface area contributed by atoms with Gasteiger partial charge in [0.15, 0.2) is 15.6 Å². The van der Waals surface area contributed by atoms with Gasteiger partial charge < -0.3 is 14.2 Å². The van der Waals surface area contributed by atoms with Crippen molar-refractivity contribution in [3.05, 3.63) is 58.3 Å². The lowest BCUT2D eigenvalue weighted by atomic mass is 9.99. The van der Waals surface area contributed by atoms with Gasteiger partial charge in [0.1, 0.15) is 24.0 Å². The van der Waals surface area contributed by atoms with Gasteiger partial charge in [-0.25, -0.2) is 8.42 Å². The third-order valence-corrected chi connectivity index (χ3v) is 7.93. The summed E-state index contributed by atoms with van der Waals surface area (Å²) in [5.74, 6) is 2.51. The van der Waals surface area contributed by atoms with Crippen molar-refractivity contribution in [3.8, 4) is 17.2 Å². The lowest BCUT2D eigenvalue weighted by Gasteiger charge is -2.33. The molecule has 0 aliphatic carbocycles. The van der Waals surface area contributed by atoms with E-state index in [0.29, 0.717) is 37.6 Å². The van der Waals surface area contributed by atoms with E-state index >= 15 is 0 Å². The minimum absolute atomic E-state index is 0.0521. The molecule has 1 saturated heterocycles. The van der Waals surface area contributed by atoms with Crippen LogP contribution in [0.4, 0.5) is 0 Å². The lowest BCUT2D eigenvalue weighted by Crippen LogP contribution is -2.41. The highest BCUT2D eigenvalue weighted by Gasteiger charge is 2.37. The lowest BCUT2D eigenvalue weighted by molar-refractivity contribution is 0.0637. The Morgan fingerprint density at radius 1 is 1.22 bits per heavy atom. The summed E-state index contributed by atoms with van der Waals surface area (Å²) >= 11 is 0. The summed E-state index contributed by atoms with van der Waals surface area (Å²) in [6.07, 6.45) is 2.34. The SMILES string of the molecule is CCOc1ccc(/C=C2\Oc3c(cc4c(c3C)OCN(C3CCS(=O)(=O)C3)C4)C2=O)cc1. The summed E-state index contributed by atoms with van der Waals surface area (Å²) in [5, 5.41) is 0. The highest BCUT2D eigenvalue weighted by atomic mass is 32.2. The number of carbonyl (C=O) groups is 1. The van der Waals surface area contributed by atoms with E-state index in [-0.39, 0.29) is 29.1 Å². The van der Waals surface area contributed by atoms with E-state index in [2.05, 4.69) is 0 Å². The zero-order chi connectivity index (χ0) is 22.5. The van der Waals surface area contributed by atoms with E-state index in [9.17, 15) is 13.2 Å². The predicted molar refractivity (Wildman–Crippen MR) is 120 cm³/mol. The molecule has 8 heteroatoms. The maximum atomic E-state index is 13.1. The molecule has 1 unspecified atom stereocenters. The largest absolute Gasteiger partial charge is 0.494 e. The average molecular weight is 456 g/mol. The minimum atomic E-state index is -2.98. The van der Waals surface area contributed by atoms with Crippen molar-refractivity contribution in [3.63, 3.8) is 0 Å². The fourth-order valence-electron chi connectivity index (χ4n) is 4.54. The van der Waals surface area contributed by atoms with Crippen LogP contribution < -0.4 is 14.2 Å². The number of hydrogen-bond acceptors (Lipinski definition) is 7. The zero-order valence-electron chi connectivity index (χ0n) is 18.1. The molecule has 0 bridgehead atoms. The van der Waals surface area contributed by atoms with Crippen LogP contribution in [0.5, 0.6) is 17.2 Å². The minimum Gasteiger partial charge on any atom is -0.494 e. The molecule has 0 radical (unpaired) electrons. The van der Waals surface area contributed by atoms with Crippen LogP contribution in [-0.2, 0) is 16.4 Å². The highest BCUT2D eigenvalue weighted by molar-refractivity contribution is 7.91. The highest BCUT2D eigenvalue weighted by Crippen LogP contribution is 2.43. The summed E-state index contributed by atoms with van der Waals surface area (Å²) in [7, 11) is -2.98. The summed E-state index contributed by atoms with van der Waals surface area (Å²) < 4.78 is 41.2. The molecule has 2 aromatic rings. The van der Waals surface area contributed by atoms with E-state index in [1.807, 2.05) is 49.1 Å². The second-order valence-corrected chi connectivity index (χ2v) is 10.6. The third kappa shape index (κ3) is 3.78. The number of ketones is 1. The Bertz CT molecular complexity index is 1220. The number of Topliss-reactive ketones (excluding diaryl/α,β-unsaturated/α-hetero) is 1. The van der Waals surface area contributed by atoms with Crippen molar-refractivity contribution in [1.29, 1.82) is 0 Å². The molecule has 0 saturated carbocycles. The Hall–Kier alpha value is -2.84. The van der Waals surface area contributed by atoms with Gasteiger partial charge in [-0.05, 0) is 50.1 Å². The molecule has 0 aromatic heterocycles. The van der Waals surface area contributed by atoms with Crippen LogP contribution >= 0.6 is 0 Å². The maximum Gasteiger partial charge on any atom is 0.231 e. The smallest absolute Gasteiger partial charge is 0.231 e. The molecule has 1 fully saturated rings. The number of sulfone groups is 1. The van der Waals surface area contributed by atoms with E-state index in [1.54, 1.807) is 6.08 Å². The summed E-state index contributed by atoms with van der Waals surface area (Å²) in [4.78, 5) is 15.1. The average Bonchev–Trinajstić information content (AvgIpc) is 3.29. The summed E-state index contributed by atoms with van der Waals surface area (Å²) in [6.45, 7) is 5.29. The van der Waals surface area contributed by atoms with Crippen LogP contribution in [0.3, 0.4) is 0 Å². The molecule has 0 spiro atoms. The zero-order valence-corrected chi connectivity index (χ0v) is 18.9. The van der Waals surface area contributed by atoms with Gasteiger partial charge in [0, 0.05) is 23.7 Å². The molecule has 0 N–H and O–H groups in total. The van der Waals surface area contributed by atoms with Gasteiger partial charge in [-0.15, -0.1) is 0 Å². The molecule has 3 aliphatic heterocycles. The molecule has 2 aromatic carbocycles. The number of fused-ring (bicyclic) bond motifs is 2. The van der Waals surface area contributed by atoms with Gasteiger partial charge in [-0.3, -0.25) is 9.69 Å². The summed E-state index contributed by atoms with van der Waals surface area (Å²) in [5.41, 5.74) is 3.04. The first-order chi connectivity index (χ1) is 15.3. The van der Waals surface area contributed by atoms with Gasteiger partial charge in [0.2, 0.25) is 5.78 Å². The van der Waals surface area contributed by atoms with Gasteiger partial charge in [-0.1, -0.05) is 12.1 Å². The van der Waals surface area contributed by atoms with E-state index < -0.39 is 9.84 Å². The molecule has 3 aliphatic rings. The Balaban J connectivity index is 1.40. The van der Waals surface area contributed by atoms with Crippen LogP contribution in [0.15, 0.2) is 36.1 Å². The van der Waals surface area contributed by atoms with E-state index in [1.165, 1.54) is 0 Å². The molecular formula is C24H25NO6S. The van der Waals surface area contributed by atoms with Crippen molar-refractivity contribution in [2.45, 2.75) is 32.9 Å². The normalized spacial score (nSPS) is 22.9. The molecular weight excluding hydrogens is 430 g/mol. The van der Waals surface area contributed by atoms with Crippen LogP contribution in [0.2, 0.25) is 0 Å². The second kappa shape index (κ2) is 7.94. The quantitative estimate of drug-likeness (QED) is 0.654. The maximum absolute atomic E-state index is 13.1. The van der Waals surface area contributed by atoms with Crippen molar-refractivity contribution in [2.24, 2.45) is 0 Å². The molecule has 1 atom stereocenters. The fraction of sp³-hybridized carbons (Fsp3) is 0.375. The van der Waals surface area contributed by atoms with Crippen LogP contribution in [0.25, 0.3) is 6.08 Å². The summed E-state index contributed by atoms with van der Waals surface area (Å²) in [6, 6.07) is 9.26. The Kier molecular flexibility index (Phi) is 5.22. The molecule has 5 rings (SSSR count). The Morgan fingerprint density at radius 3 is 2.69 bits per heavy atom. The Labute approximate surface area is 187 Å². The predicted octanol–water partition coefficient (Wildman–Crippen LogP) is 3.35. The molecule has 7 nitrogen and oxygen atoms in total. The first-order valence-corrected chi connectivity index (χ1v) is 12.6. The number of rotatable bonds is 4. The second-order valence-electron chi connectivity index (χ2n) is 8.39. The van der Waals surface area contributed by atoms with Crippen molar-refractivity contribution >= 4 is 21.7 Å². The number of carbonyl (C=O) groups excluding carboxylic acids is 1. The molecule has 0 amide bonds. The fourth-order valence-corrected chi connectivity index (χ4v) is 6.30. The molecule has 32 heavy (non-hydrogen) atoms. The monoisotopic (exact) mass is 455 g/mol. The number of ether oxygens (including phenoxy) is 3. The van der Waals surface area contributed by atoms with Crippen molar-refractivity contribution < 1.29 is 27.4 Å². The van der Waals surface area contributed by atoms with E-state index in [4.69, 9.17) is 14.2 Å².